The zero-order valence-corrected chi connectivity index (χ0v) is 13.3. The maximum atomic E-state index is 12.8. The molecule has 22 heavy (non-hydrogen) atoms. The Morgan fingerprint density at radius 2 is 1.91 bits per heavy atom. The molecule has 0 radical (unpaired) electrons. The van der Waals surface area contributed by atoms with Crippen LogP contribution in [0.25, 0.3) is 0 Å². The van der Waals surface area contributed by atoms with Crippen molar-refractivity contribution < 1.29 is 18.0 Å². The lowest BCUT2D eigenvalue weighted by Crippen LogP contribution is -2.46. The molecule has 124 valence electrons. The molecule has 0 spiro atoms. The van der Waals surface area contributed by atoms with Gasteiger partial charge >= 0.3 is 6.18 Å². The van der Waals surface area contributed by atoms with Gasteiger partial charge in [-0.3, -0.25) is 4.79 Å². The zero-order chi connectivity index (χ0) is 15.7. The van der Waals surface area contributed by atoms with Crippen LogP contribution in [0.2, 0.25) is 0 Å². The van der Waals surface area contributed by atoms with E-state index >= 15 is 0 Å². The molecule has 2 N–H and O–H groups in total. The summed E-state index contributed by atoms with van der Waals surface area (Å²) in [5.74, 6) is -0.254. The summed E-state index contributed by atoms with van der Waals surface area (Å²) in [6.07, 6.45) is -3.57. The van der Waals surface area contributed by atoms with Gasteiger partial charge in [-0.2, -0.15) is 13.2 Å². The SMILES string of the molecule is CC(C)(C(=O)NC1CCNC1)c1cccc(C(F)(F)F)c1.Cl. The second-order valence-electron chi connectivity index (χ2n) is 5.87. The van der Waals surface area contributed by atoms with Gasteiger partial charge in [0.25, 0.3) is 0 Å². The third-order valence-electron chi connectivity index (χ3n) is 3.87. The van der Waals surface area contributed by atoms with Gasteiger partial charge in [0.15, 0.2) is 0 Å². The van der Waals surface area contributed by atoms with Crippen LogP contribution in [0.3, 0.4) is 0 Å². The zero-order valence-electron chi connectivity index (χ0n) is 12.5. The van der Waals surface area contributed by atoms with Gasteiger partial charge in [-0.25, -0.2) is 0 Å². The molecule has 1 heterocycles. The number of carbonyl (C=O) groups excluding carboxylic acids is 1. The van der Waals surface area contributed by atoms with E-state index in [0.29, 0.717) is 12.1 Å². The van der Waals surface area contributed by atoms with Crippen molar-refractivity contribution in [2.45, 2.75) is 37.9 Å². The molecular formula is C15H20ClF3N2O. The van der Waals surface area contributed by atoms with Crippen molar-refractivity contribution in [1.29, 1.82) is 0 Å². The molecule has 0 saturated carbocycles. The van der Waals surface area contributed by atoms with Crippen LogP contribution >= 0.6 is 12.4 Å². The van der Waals surface area contributed by atoms with Crippen molar-refractivity contribution in [1.82, 2.24) is 10.6 Å². The van der Waals surface area contributed by atoms with Crippen LogP contribution in [0.15, 0.2) is 24.3 Å². The van der Waals surface area contributed by atoms with E-state index in [4.69, 9.17) is 0 Å². The molecule has 1 fully saturated rings. The van der Waals surface area contributed by atoms with Gasteiger partial charge < -0.3 is 10.6 Å². The summed E-state index contributed by atoms with van der Waals surface area (Å²) >= 11 is 0. The number of carbonyl (C=O) groups is 1. The fourth-order valence-corrected chi connectivity index (χ4v) is 2.36. The summed E-state index contributed by atoms with van der Waals surface area (Å²) in [5, 5.41) is 6.03. The molecule has 0 aliphatic carbocycles. The van der Waals surface area contributed by atoms with Crippen LogP contribution in [0.5, 0.6) is 0 Å². The van der Waals surface area contributed by atoms with Crippen molar-refractivity contribution in [3.05, 3.63) is 35.4 Å². The van der Waals surface area contributed by atoms with E-state index in [0.717, 1.165) is 25.1 Å². The van der Waals surface area contributed by atoms with Crippen LogP contribution in [0.1, 0.15) is 31.4 Å². The predicted molar refractivity (Wildman–Crippen MR) is 81.1 cm³/mol. The van der Waals surface area contributed by atoms with Crippen LogP contribution in [-0.2, 0) is 16.4 Å². The monoisotopic (exact) mass is 336 g/mol. The van der Waals surface area contributed by atoms with Crippen molar-refractivity contribution in [2.75, 3.05) is 13.1 Å². The van der Waals surface area contributed by atoms with Gasteiger partial charge in [0, 0.05) is 12.6 Å². The third kappa shape index (κ3) is 4.14. The Labute approximate surface area is 134 Å². The second kappa shape index (κ2) is 6.87. The van der Waals surface area contributed by atoms with Crippen LogP contribution < -0.4 is 10.6 Å². The number of halogens is 4. The van der Waals surface area contributed by atoms with Gasteiger partial charge in [0.2, 0.25) is 5.91 Å². The van der Waals surface area contributed by atoms with Crippen LogP contribution in [-0.4, -0.2) is 25.0 Å². The van der Waals surface area contributed by atoms with Gasteiger partial charge in [0.1, 0.15) is 0 Å². The van der Waals surface area contributed by atoms with Gasteiger partial charge in [-0.1, -0.05) is 18.2 Å². The molecule has 1 saturated heterocycles. The molecule has 1 aromatic carbocycles. The largest absolute Gasteiger partial charge is 0.416 e. The summed E-state index contributed by atoms with van der Waals surface area (Å²) in [6.45, 7) is 4.82. The maximum absolute atomic E-state index is 12.8. The first-order chi connectivity index (χ1) is 9.71. The number of hydrogen-bond donors (Lipinski definition) is 2. The molecule has 1 unspecified atom stereocenters. The quantitative estimate of drug-likeness (QED) is 0.891. The first-order valence-corrected chi connectivity index (χ1v) is 6.90. The van der Waals surface area contributed by atoms with Crippen molar-refractivity contribution in [3.8, 4) is 0 Å². The van der Waals surface area contributed by atoms with Crippen molar-refractivity contribution in [2.24, 2.45) is 0 Å². The van der Waals surface area contributed by atoms with Crippen LogP contribution in [0, 0.1) is 0 Å². The molecule has 1 aliphatic heterocycles. The molecule has 1 aliphatic rings. The van der Waals surface area contributed by atoms with Gasteiger partial charge in [-0.15, -0.1) is 12.4 Å². The first kappa shape index (κ1) is 18.8. The minimum atomic E-state index is -4.40. The highest BCUT2D eigenvalue weighted by Gasteiger charge is 2.35. The molecule has 1 amide bonds. The average molecular weight is 337 g/mol. The molecule has 3 nitrogen and oxygen atoms in total. The normalized spacial score (nSPS) is 18.7. The van der Waals surface area contributed by atoms with E-state index < -0.39 is 17.2 Å². The van der Waals surface area contributed by atoms with Crippen molar-refractivity contribution in [3.63, 3.8) is 0 Å². The van der Waals surface area contributed by atoms with Gasteiger partial charge in [0.05, 0.1) is 11.0 Å². The van der Waals surface area contributed by atoms with Crippen LogP contribution in [0.4, 0.5) is 13.2 Å². The van der Waals surface area contributed by atoms with E-state index in [-0.39, 0.29) is 24.4 Å². The molecule has 0 bridgehead atoms. The Hall–Kier alpha value is -1.27. The number of rotatable bonds is 3. The number of alkyl halides is 3. The Balaban J connectivity index is 0.00000242. The molecule has 0 aromatic heterocycles. The molecule has 2 rings (SSSR count). The number of benzene rings is 1. The van der Waals surface area contributed by atoms with E-state index in [1.807, 2.05) is 0 Å². The maximum Gasteiger partial charge on any atom is 0.416 e. The highest BCUT2D eigenvalue weighted by molar-refractivity contribution is 5.87. The van der Waals surface area contributed by atoms with E-state index in [1.165, 1.54) is 6.07 Å². The Kier molecular flexibility index (Phi) is 5.87. The van der Waals surface area contributed by atoms with E-state index in [1.54, 1.807) is 19.9 Å². The number of amides is 1. The fraction of sp³-hybridized carbons (Fsp3) is 0.533. The lowest BCUT2D eigenvalue weighted by atomic mass is 9.82. The van der Waals surface area contributed by atoms with E-state index in [9.17, 15) is 18.0 Å². The highest BCUT2D eigenvalue weighted by atomic mass is 35.5. The minimum Gasteiger partial charge on any atom is -0.351 e. The molecular weight excluding hydrogens is 317 g/mol. The lowest BCUT2D eigenvalue weighted by molar-refractivity contribution is -0.138. The Morgan fingerprint density at radius 3 is 2.45 bits per heavy atom. The molecule has 7 heteroatoms. The minimum absolute atomic E-state index is 0. The smallest absolute Gasteiger partial charge is 0.351 e. The Morgan fingerprint density at radius 1 is 1.27 bits per heavy atom. The predicted octanol–water partition coefficient (Wildman–Crippen LogP) is 2.88. The summed E-state index contributed by atoms with van der Waals surface area (Å²) in [6, 6.07) is 5.00. The Bertz CT molecular complexity index is 526. The topological polar surface area (TPSA) is 41.1 Å². The molecule has 1 atom stereocenters. The van der Waals surface area contributed by atoms with Gasteiger partial charge in [-0.05, 0) is 38.4 Å². The molecule has 1 aromatic rings. The lowest BCUT2D eigenvalue weighted by Gasteiger charge is -2.27. The average Bonchev–Trinajstić information content (AvgIpc) is 2.90. The first-order valence-electron chi connectivity index (χ1n) is 6.90. The fourth-order valence-electron chi connectivity index (χ4n) is 2.36. The number of nitrogens with one attached hydrogen (secondary N) is 2. The summed E-state index contributed by atoms with van der Waals surface area (Å²) in [4.78, 5) is 12.4. The van der Waals surface area contributed by atoms with Crippen molar-refractivity contribution >= 4 is 18.3 Å². The summed E-state index contributed by atoms with van der Waals surface area (Å²) < 4.78 is 38.3. The summed E-state index contributed by atoms with van der Waals surface area (Å²) in [5.41, 5.74) is -1.38. The third-order valence-corrected chi connectivity index (χ3v) is 3.87. The number of hydrogen-bond acceptors (Lipinski definition) is 2. The van der Waals surface area contributed by atoms with E-state index in [2.05, 4.69) is 10.6 Å². The standard InChI is InChI=1S/C15H19F3N2O.ClH/c1-14(2,13(21)20-12-6-7-19-9-12)10-4-3-5-11(8-10)15(16,17)18;/h3-5,8,12,19H,6-7,9H2,1-2H3,(H,20,21);1H. The highest BCUT2D eigenvalue weighted by Crippen LogP contribution is 2.33. The summed E-state index contributed by atoms with van der Waals surface area (Å²) in [7, 11) is 0. The second-order valence-corrected chi connectivity index (χ2v) is 5.87.